The number of hydrogen-bond donors (Lipinski definition) is 2. The fourth-order valence-corrected chi connectivity index (χ4v) is 2.43. The zero-order chi connectivity index (χ0) is 20.5. The van der Waals surface area contributed by atoms with E-state index in [2.05, 4.69) is 9.98 Å². The van der Waals surface area contributed by atoms with E-state index in [1.54, 1.807) is 48.8 Å². The molecule has 0 spiro atoms. The Morgan fingerprint density at radius 2 is 1.18 bits per heavy atom. The maximum Gasteiger partial charge on any atom is 0.124 e. The highest BCUT2D eigenvalue weighted by atomic mass is 16.5. The Bertz CT molecular complexity index is 764. The number of ether oxygens (including phenoxy) is 2. The van der Waals surface area contributed by atoms with Crippen LogP contribution in [0.3, 0.4) is 0 Å². The minimum Gasteiger partial charge on any atom is -0.507 e. The van der Waals surface area contributed by atoms with Crippen LogP contribution in [0.25, 0.3) is 0 Å². The van der Waals surface area contributed by atoms with E-state index in [4.69, 9.17) is 9.47 Å². The van der Waals surface area contributed by atoms with Crippen LogP contribution in [0.4, 0.5) is 0 Å². The SMILES string of the molecule is CCOc1ccc(O)c(C=NC(C)C(C)N=Cc2cc(OCC)ccc2O)c1. The Morgan fingerprint density at radius 3 is 1.54 bits per heavy atom. The highest BCUT2D eigenvalue weighted by molar-refractivity contribution is 5.85. The molecule has 0 saturated heterocycles. The van der Waals surface area contributed by atoms with Crippen LogP contribution in [-0.4, -0.2) is 47.9 Å². The van der Waals surface area contributed by atoms with Gasteiger partial charge in [-0.05, 0) is 64.1 Å². The first-order valence-corrected chi connectivity index (χ1v) is 9.42. The summed E-state index contributed by atoms with van der Waals surface area (Å²) in [6.07, 6.45) is 3.25. The monoisotopic (exact) mass is 384 g/mol. The van der Waals surface area contributed by atoms with Crippen molar-refractivity contribution in [3.8, 4) is 23.0 Å². The lowest BCUT2D eigenvalue weighted by Gasteiger charge is -2.12. The van der Waals surface area contributed by atoms with Crippen molar-refractivity contribution in [2.75, 3.05) is 13.2 Å². The van der Waals surface area contributed by atoms with Crippen LogP contribution < -0.4 is 9.47 Å². The molecule has 2 atom stereocenters. The number of nitrogens with zero attached hydrogens (tertiary/aromatic N) is 2. The third kappa shape index (κ3) is 6.01. The number of hydrogen-bond acceptors (Lipinski definition) is 6. The first-order valence-electron chi connectivity index (χ1n) is 9.42. The minimum absolute atomic E-state index is 0.122. The van der Waals surface area contributed by atoms with Gasteiger partial charge in [0.25, 0.3) is 0 Å². The molecule has 0 aliphatic carbocycles. The molecule has 28 heavy (non-hydrogen) atoms. The van der Waals surface area contributed by atoms with Crippen LogP contribution in [0.2, 0.25) is 0 Å². The van der Waals surface area contributed by atoms with E-state index < -0.39 is 0 Å². The van der Waals surface area contributed by atoms with E-state index in [-0.39, 0.29) is 23.6 Å². The molecule has 0 aromatic heterocycles. The van der Waals surface area contributed by atoms with Crippen LogP contribution in [0, 0.1) is 0 Å². The zero-order valence-electron chi connectivity index (χ0n) is 16.8. The quantitative estimate of drug-likeness (QED) is 0.634. The van der Waals surface area contributed by atoms with Crippen LogP contribution in [0.1, 0.15) is 38.8 Å². The van der Waals surface area contributed by atoms with Gasteiger partial charge in [0, 0.05) is 23.6 Å². The summed E-state index contributed by atoms with van der Waals surface area (Å²) in [5.74, 6) is 1.66. The van der Waals surface area contributed by atoms with E-state index in [9.17, 15) is 10.2 Å². The molecule has 0 radical (unpaired) electrons. The Labute approximate surface area is 166 Å². The summed E-state index contributed by atoms with van der Waals surface area (Å²) in [6.45, 7) is 8.81. The smallest absolute Gasteiger partial charge is 0.124 e. The van der Waals surface area contributed by atoms with Gasteiger partial charge in [-0.2, -0.15) is 0 Å². The van der Waals surface area contributed by atoms with Gasteiger partial charge in [-0.1, -0.05) is 0 Å². The molecule has 0 fully saturated rings. The molecule has 0 saturated carbocycles. The summed E-state index contributed by atoms with van der Waals surface area (Å²) in [5, 5.41) is 20.0. The van der Waals surface area contributed by atoms with Gasteiger partial charge in [-0.25, -0.2) is 0 Å². The van der Waals surface area contributed by atoms with Crippen molar-refractivity contribution in [3.05, 3.63) is 47.5 Å². The number of phenols is 2. The Kier molecular flexibility index (Phi) is 7.87. The maximum atomic E-state index is 9.99. The van der Waals surface area contributed by atoms with Gasteiger partial charge in [0.1, 0.15) is 23.0 Å². The minimum atomic E-state index is -0.122. The Morgan fingerprint density at radius 1 is 0.786 bits per heavy atom. The highest BCUT2D eigenvalue weighted by Crippen LogP contribution is 2.23. The molecule has 0 heterocycles. The summed E-state index contributed by atoms with van der Waals surface area (Å²) >= 11 is 0. The predicted octanol–water partition coefficient (Wildman–Crippen LogP) is 4.21. The molecule has 6 nitrogen and oxygen atoms in total. The van der Waals surface area contributed by atoms with Crippen molar-refractivity contribution in [1.29, 1.82) is 0 Å². The standard InChI is InChI=1S/C22H28N2O4/c1-5-27-19-7-9-21(25)17(11-19)13-23-15(3)16(4)24-14-18-12-20(28-6-2)8-10-22(18)26/h7-16,25-26H,5-6H2,1-4H3. The number of aromatic hydroxyl groups is 2. The predicted molar refractivity (Wildman–Crippen MR) is 113 cm³/mol. The molecule has 0 amide bonds. The number of rotatable bonds is 9. The molecular formula is C22H28N2O4. The first-order chi connectivity index (χ1) is 13.4. The van der Waals surface area contributed by atoms with Gasteiger partial charge >= 0.3 is 0 Å². The second kappa shape index (κ2) is 10.3. The lowest BCUT2D eigenvalue weighted by Crippen LogP contribution is -2.16. The molecule has 0 aliphatic rings. The fourth-order valence-electron chi connectivity index (χ4n) is 2.43. The van der Waals surface area contributed by atoms with Crippen LogP contribution in [0.5, 0.6) is 23.0 Å². The molecule has 150 valence electrons. The molecule has 0 aliphatic heterocycles. The van der Waals surface area contributed by atoms with Gasteiger partial charge in [0.05, 0.1) is 25.3 Å². The lowest BCUT2D eigenvalue weighted by molar-refractivity contribution is 0.339. The van der Waals surface area contributed by atoms with Gasteiger partial charge in [0.2, 0.25) is 0 Å². The molecule has 2 N–H and O–H groups in total. The van der Waals surface area contributed by atoms with Crippen molar-refractivity contribution in [1.82, 2.24) is 0 Å². The molecule has 0 bridgehead atoms. The fraction of sp³-hybridized carbons (Fsp3) is 0.364. The summed E-state index contributed by atoms with van der Waals surface area (Å²) in [5.41, 5.74) is 1.19. The third-order valence-corrected chi connectivity index (χ3v) is 4.22. The molecule has 2 aromatic rings. The maximum absolute atomic E-state index is 9.99. The van der Waals surface area contributed by atoms with Crippen molar-refractivity contribution in [2.45, 2.75) is 39.8 Å². The molecule has 2 unspecified atom stereocenters. The summed E-state index contributed by atoms with van der Waals surface area (Å²) in [7, 11) is 0. The molecular weight excluding hydrogens is 356 g/mol. The number of phenolic OH excluding ortho intramolecular Hbond substituents is 2. The van der Waals surface area contributed by atoms with E-state index in [1.807, 2.05) is 27.7 Å². The zero-order valence-corrected chi connectivity index (χ0v) is 16.8. The van der Waals surface area contributed by atoms with Gasteiger partial charge in [-0.3, -0.25) is 9.98 Å². The van der Waals surface area contributed by atoms with Crippen molar-refractivity contribution in [3.63, 3.8) is 0 Å². The van der Waals surface area contributed by atoms with E-state index in [0.717, 1.165) is 0 Å². The average molecular weight is 384 g/mol. The van der Waals surface area contributed by atoms with Crippen LogP contribution in [-0.2, 0) is 0 Å². The van der Waals surface area contributed by atoms with Crippen LogP contribution in [0.15, 0.2) is 46.4 Å². The average Bonchev–Trinajstić information content (AvgIpc) is 2.68. The topological polar surface area (TPSA) is 83.6 Å². The largest absolute Gasteiger partial charge is 0.507 e. The van der Waals surface area contributed by atoms with Gasteiger partial charge in [0.15, 0.2) is 0 Å². The van der Waals surface area contributed by atoms with Crippen molar-refractivity contribution in [2.24, 2.45) is 9.98 Å². The Balaban J connectivity index is 2.07. The molecule has 6 heteroatoms. The second-order valence-electron chi connectivity index (χ2n) is 6.34. The highest BCUT2D eigenvalue weighted by Gasteiger charge is 2.10. The van der Waals surface area contributed by atoms with Gasteiger partial charge in [-0.15, -0.1) is 0 Å². The number of aliphatic imine (C=N–C) groups is 2. The molecule has 2 rings (SSSR count). The first kappa shape index (κ1) is 21.3. The second-order valence-corrected chi connectivity index (χ2v) is 6.34. The normalized spacial score (nSPS) is 13.7. The van der Waals surface area contributed by atoms with E-state index in [0.29, 0.717) is 35.8 Å². The van der Waals surface area contributed by atoms with Crippen molar-refractivity contribution >= 4 is 12.4 Å². The van der Waals surface area contributed by atoms with Crippen LogP contribution >= 0.6 is 0 Å². The van der Waals surface area contributed by atoms with Crippen molar-refractivity contribution < 1.29 is 19.7 Å². The summed E-state index contributed by atoms with van der Waals surface area (Å²) < 4.78 is 10.9. The van der Waals surface area contributed by atoms with Gasteiger partial charge < -0.3 is 19.7 Å². The van der Waals surface area contributed by atoms with E-state index >= 15 is 0 Å². The molecule has 2 aromatic carbocycles. The lowest BCUT2D eigenvalue weighted by atomic mass is 10.1. The summed E-state index contributed by atoms with van der Waals surface area (Å²) in [4.78, 5) is 8.99. The van der Waals surface area contributed by atoms with E-state index in [1.165, 1.54) is 0 Å². The summed E-state index contributed by atoms with van der Waals surface area (Å²) in [6, 6.07) is 9.87. The number of benzene rings is 2. The third-order valence-electron chi connectivity index (χ3n) is 4.22. The Hall–Kier alpha value is -3.02.